The zero-order valence-electron chi connectivity index (χ0n) is 15.3. The van der Waals surface area contributed by atoms with E-state index < -0.39 is 23.9 Å². The van der Waals surface area contributed by atoms with Crippen LogP contribution in [0, 0.1) is 0 Å². The molecule has 0 saturated carbocycles. The van der Waals surface area contributed by atoms with E-state index in [2.05, 4.69) is 4.74 Å². The Morgan fingerprint density at radius 3 is 2.00 bits per heavy atom. The van der Waals surface area contributed by atoms with Gasteiger partial charge in [0.05, 0.1) is 16.9 Å². The van der Waals surface area contributed by atoms with Gasteiger partial charge in [-0.3, -0.25) is 0 Å². The Kier molecular flexibility index (Phi) is 4.56. The third-order valence-electron chi connectivity index (χ3n) is 4.62. The van der Waals surface area contributed by atoms with Crippen LogP contribution in [-0.2, 0) is 6.18 Å². The van der Waals surface area contributed by atoms with Crippen molar-refractivity contribution in [3.63, 3.8) is 0 Å². The highest BCUT2D eigenvalue weighted by Gasteiger charge is 2.35. The summed E-state index contributed by atoms with van der Waals surface area (Å²) < 4.78 is 88.2. The Labute approximate surface area is 166 Å². The molecule has 0 N–H and O–H groups in total. The molecule has 0 bridgehead atoms. The molecule has 0 radical (unpaired) electrons. The first-order valence-electron chi connectivity index (χ1n) is 8.66. The molecule has 0 aliphatic heterocycles. The van der Waals surface area contributed by atoms with Crippen molar-refractivity contribution in [2.75, 3.05) is 11.9 Å². The van der Waals surface area contributed by atoms with E-state index in [4.69, 9.17) is 4.42 Å². The van der Waals surface area contributed by atoms with Gasteiger partial charge in [-0.25, -0.2) is 0 Å². The normalized spacial score (nSPS) is 12.5. The molecule has 3 aromatic carbocycles. The molecule has 3 nitrogen and oxygen atoms in total. The number of para-hydroxylation sites is 4. The van der Waals surface area contributed by atoms with Crippen molar-refractivity contribution in [1.82, 2.24) is 0 Å². The Morgan fingerprint density at radius 1 is 0.733 bits per heavy atom. The molecule has 4 aromatic rings. The van der Waals surface area contributed by atoms with Crippen LogP contribution in [-0.4, -0.2) is 13.4 Å². The van der Waals surface area contributed by atoms with Gasteiger partial charge in [0.1, 0.15) is 5.58 Å². The van der Waals surface area contributed by atoms with Crippen LogP contribution in [0.3, 0.4) is 0 Å². The van der Waals surface area contributed by atoms with Gasteiger partial charge in [-0.2, -0.15) is 13.2 Å². The van der Waals surface area contributed by atoms with Gasteiger partial charge < -0.3 is 14.1 Å². The molecule has 0 amide bonds. The number of rotatable bonds is 3. The van der Waals surface area contributed by atoms with E-state index in [0.29, 0.717) is 5.39 Å². The molecule has 1 aromatic heterocycles. The molecule has 30 heavy (non-hydrogen) atoms. The van der Waals surface area contributed by atoms with Crippen molar-refractivity contribution in [2.45, 2.75) is 12.5 Å². The number of hydrogen-bond donors (Lipinski definition) is 0. The number of halogens is 6. The second-order valence-electron chi connectivity index (χ2n) is 6.51. The highest BCUT2D eigenvalue weighted by atomic mass is 19.4. The first kappa shape index (κ1) is 19.9. The second kappa shape index (κ2) is 6.86. The molecule has 0 fully saturated rings. The van der Waals surface area contributed by atoms with Gasteiger partial charge in [0, 0.05) is 17.8 Å². The fourth-order valence-corrected chi connectivity index (χ4v) is 3.37. The highest BCUT2D eigenvalue weighted by Crippen LogP contribution is 2.43. The molecule has 4 rings (SSSR count). The lowest BCUT2D eigenvalue weighted by Gasteiger charge is -2.23. The van der Waals surface area contributed by atoms with Crippen LogP contribution < -0.4 is 9.64 Å². The third kappa shape index (κ3) is 3.51. The van der Waals surface area contributed by atoms with E-state index in [9.17, 15) is 26.3 Å². The molecule has 0 saturated heterocycles. The first-order valence-corrected chi connectivity index (χ1v) is 8.66. The van der Waals surface area contributed by atoms with Crippen molar-refractivity contribution < 1.29 is 35.5 Å². The van der Waals surface area contributed by atoms with E-state index in [-0.39, 0.29) is 27.9 Å². The maximum atomic E-state index is 13.4. The van der Waals surface area contributed by atoms with Gasteiger partial charge in [-0.05, 0) is 24.3 Å². The standard InChI is InChI=1S/C21H13F6NO2/c1-28(15-9-2-3-11-17(15)30-21(25,26)27)16-10-5-7-13-12-6-4-8-14(20(22,23)24)18(12)29-19(13)16/h2-11H,1H3. The summed E-state index contributed by atoms with van der Waals surface area (Å²) in [5.74, 6) is -0.448. The van der Waals surface area contributed by atoms with Crippen molar-refractivity contribution in [3.05, 3.63) is 66.2 Å². The van der Waals surface area contributed by atoms with Gasteiger partial charge in [0.15, 0.2) is 11.3 Å². The van der Waals surface area contributed by atoms with Crippen molar-refractivity contribution in [1.29, 1.82) is 0 Å². The number of furan rings is 1. The lowest BCUT2D eigenvalue weighted by molar-refractivity contribution is -0.274. The summed E-state index contributed by atoms with van der Waals surface area (Å²) in [6.07, 6.45) is -9.52. The SMILES string of the molecule is CN(c1ccccc1OC(F)(F)F)c1cccc2c1oc1c(C(F)(F)F)cccc12. The largest absolute Gasteiger partial charge is 0.573 e. The minimum absolute atomic E-state index is 0.0684. The topological polar surface area (TPSA) is 25.6 Å². The zero-order valence-corrected chi connectivity index (χ0v) is 15.3. The summed E-state index contributed by atoms with van der Waals surface area (Å²) in [5, 5.41) is 0.671. The Balaban J connectivity index is 1.91. The summed E-state index contributed by atoms with van der Waals surface area (Å²) in [6, 6.07) is 13.9. The summed E-state index contributed by atoms with van der Waals surface area (Å²) >= 11 is 0. The number of anilines is 2. The molecular formula is C21H13F6NO2. The van der Waals surface area contributed by atoms with Crippen LogP contribution in [0.5, 0.6) is 5.75 Å². The molecule has 0 aliphatic rings. The molecule has 0 aliphatic carbocycles. The monoisotopic (exact) mass is 425 g/mol. The van der Waals surface area contributed by atoms with E-state index in [0.717, 1.165) is 12.1 Å². The quantitative estimate of drug-likeness (QED) is 0.323. The molecule has 9 heteroatoms. The molecule has 0 unspecified atom stereocenters. The van der Waals surface area contributed by atoms with Crippen LogP contribution >= 0.6 is 0 Å². The second-order valence-corrected chi connectivity index (χ2v) is 6.51. The fraction of sp³-hybridized carbons (Fsp3) is 0.143. The third-order valence-corrected chi connectivity index (χ3v) is 4.62. The smallest absolute Gasteiger partial charge is 0.453 e. The predicted molar refractivity (Wildman–Crippen MR) is 99.9 cm³/mol. The summed E-state index contributed by atoms with van der Waals surface area (Å²) in [7, 11) is 1.48. The van der Waals surface area contributed by atoms with E-state index in [1.54, 1.807) is 18.2 Å². The van der Waals surface area contributed by atoms with E-state index in [1.807, 2.05) is 0 Å². The number of hydrogen-bond acceptors (Lipinski definition) is 3. The average Bonchev–Trinajstić information content (AvgIpc) is 3.04. The summed E-state index contributed by atoms with van der Waals surface area (Å²) in [5.41, 5.74) is -0.784. The fourth-order valence-electron chi connectivity index (χ4n) is 3.37. The van der Waals surface area contributed by atoms with Gasteiger partial charge in [-0.15, -0.1) is 13.2 Å². The lowest BCUT2D eigenvalue weighted by atomic mass is 10.1. The number of ether oxygens (including phenoxy) is 1. The Hall–Kier alpha value is -3.36. The van der Waals surface area contributed by atoms with E-state index in [1.165, 1.54) is 42.3 Å². The summed E-state index contributed by atoms with van der Waals surface area (Å²) in [4.78, 5) is 1.37. The number of nitrogens with zero attached hydrogens (tertiary/aromatic N) is 1. The minimum atomic E-state index is -4.90. The zero-order chi connectivity index (χ0) is 21.7. The van der Waals surface area contributed by atoms with Gasteiger partial charge in [0.25, 0.3) is 0 Å². The van der Waals surface area contributed by atoms with Crippen molar-refractivity contribution in [3.8, 4) is 5.75 Å². The number of alkyl halides is 6. The van der Waals surface area contributed by atoms with Crippen LogP contribution in [0.1, 0.15) is 5.56 Å². The lowest BCUT2D eigenvalue weighted by Crippen LogP contribution is -2.19. The summed E-state index contributed by atoms with van der Waals surface area (Å²) in [6.45, 7) is 0. The van der Waals surface area contributed by atoms with Crippen LogP contribution in [0.15, 0.2) is 65.1 Å². The molecule has 1 heterocycles. The maximum absolute atomic E-state index is 13.4. The predicted octanol–water partition coefficient (Wildman–Crippen LogP) is 7.27. The molecular weight excluding hydrogens is 412 g/mol. The van der Waals surface area contributed by atoms with Crippen LogP contribution in [0.2, 0.25) is 0 Å². The van der Waals surface area contributed by atoms with Gasteiger partial charge >= 0.3 is 12.5 Å². The molecule has 0 atom stereocenters. The highest BCUT2D eigenvalue weighted by molar-refractivity contribution is 6.10. The van der Waals surface area contributed by atoms with Gasteiger partial charge in [0.2, 0.25) is 0 Å². The number of fused-ring (bicyclic) bond motifs is 3. The van der Waals surface area contributed by atoms with E-state index >= 15 is 0 Å². The number of benzene rings is 3. The van der Waals surface area contributed by atoms with Crippen molar-refractivity contribution in [2.24, 2.45) is 0 Å². The Bertz CT molecular complexity index is 1230. The average molecular weight is 425 g/mol. The molecule has 0 spiro atoms. The van der Waals surface area contributed by atoms with Gasteiger partial charge in [-0.1, -0.05) is 36.4 Å². The molecule has 156 valence electrons. The van der Waals surface area contributed by atoms with Crippen molar-refractivity contribution >= 4 is 33.3 Å². The van der Waals surface area contributed by atoms with Crippen LogP contribution in [0.25, 0.3) is 21.9 Å². The Morgan fingerprint density at radius 2 is 1.33 bits per heavy atom. The minimum Gasteiger partial charge on any atom is -0.453 e. The first-order chi connectivity index (χ1) is 14.1. The van der Waals surface area contributed by atoms with Crippen LogP contribution in [0.4, 0.5) is 37.7 Å². The maximum Gasteiger partial charge on any atom is 0.573 e.